The normalized spacial score (nSPS) is 24.0. The first-order valence-electron chi connectivity index (χ1n) is 7.15. The van der Waals surface area contributed by atoms with Gasteiger partial charge in [-0.25, -0.2) is 8.42 Å². The summed E-state index contributed by atoms with van der Waals surface area (Å²) in [6.45, 7) is 1.86. The van der Waals surface area contributed by atoms with Gasteiger partial charge in [-0.1, -0.05) is 38.0 Å². The van der Waals surface area contributed by atoms with Gasteiger partial charge in [-0.2, -0.15) is 4.31 Å². The molecule has 4 nitrogen and oxygen atoms in total. The van der Waals surface area contributed by atoms with Crippen LogP contribution in [-0.4, -0.2) is 30.9 Å². The van der Waals surface area contributed by atoms with Crippen LogP contribution in [-0.2, 0) is 16.6 Å². The Bertz CT molecular complexity index is 556. The fraction of sp³-hybridized carbons (Fsp3) is 0.600. The van der Waals surface area contributed by atoms with Crippen LogP contribution in [0.25, 0.3) is 0 Å². The molecule has 2 rings (SSSR count). The fourth-order valence-electron chi connectivity index (χ4n) is 3.06. The number of nitrogens with zero attached hydrogens (tertiary/aromatic N) is 1. The summed E-state index contributed by atoms with van der Waals surface area (Å²) in [5.41, 5.74) is 0.461. The lowest BCUT2D eigenvalue weighted by molar-refractivity contribution is 0.213. The van der Waals surface area contributed by atoms with Gasteiger partial charge in [-0.3, -0.25) is 0 Å². The van der Waals surface area contributed by atoms with E-state index < -0.39 is 10.0 Å². The Kier molecular flexibility index (Phi) is 4.83. The molecule has 2 atom stereocenters. The molecule has 1 fully saturated rings. The van der Waals surface area contributed by atoms with E-state index in [1.807, 2.05) is 0 Å². The fourth-order valence-corrected chi connectivity index (χ4v) is 4.75. The van der Waals surface area contributed by atoms with Gasteiger partial charge in [0.15, 0.2) is 0 Å². The lowest BCUT2D eigenvalue weighted by Gasteiger charge is -2.35. The van der Waals surface area contributed by atoms with Gasteiger partial charge in [0.2, 0.25) is 10.0 Å². The predicted octanol–water partition coefficient (Wildman–Crippen LogP) is 2.38. The summed E-state index contributed by atoms with van der Waals surface area (Å²) in [6.07, 6.45) is 4.25. The molecule has 1 aliphatic carbocycles. The van der Waals surface area contributed by atoms with Crippen LogP contribution >= 0.6 is 0 Å². The van der Waals surface area contributed by atoms with Crippen molar-refractivity contribution in [3.8, 4) is 0 Å². The van der Waals surface area contributed by atoms with Crippen molar-refractivity contribution in [2.45, 2.75) is 50.2 Å². The van der Waals surface area contributed by atoms with Gasteiger partial charge in [-0.15, -0.1) is 0 Å². The Balaban J connectivity index is 2.34. The third-order valence-electron chi connectivity index (χ3n) is 4.33. The highest BCUT2D eigenvalue weighted by Crippen LogP contribution is 2.31. The van der Waals surface area contributed by atoms with E-state index in [4.69, 9.17) is 0 Å². The summed E-state index contributed by atoms with van der Waals surface area (Å²) < 4.78 is 27.0. The zero-order valence-corrected chi connectivity index (χ0v) is 12.9. The van der Waals surface area contributed by atoms with Gasteiger partial charge in [0.25, 0.3) is 0 Å². The van der Waals surface area contributed by atoms with Crippen molar-refractivity contribution in [2.75, 3.05) is 7.05 Å². The van der Waals surface area contributed by atoms with Crippen molar-refractivity contribution < 1.29 is 13.5 Å². The van der Waals surface area contributed by atoms with Gasteiger partial charge in [0.1, 0.15) is 0 Å². The number of aliphatic hydroxyl groups is 1. The van der Waals surface area contributed by atoms with Gasteiger partial charge >= 0.3 is 0 Å². The van der Waals surface area contributed by atoms with E-state index in [1.165, 1.54) is 10.7 Å². The van der Waals surface area contributed by atoms with Gasteiger partial charge in [0, 0.05) is 13.1 Å². The molecule has 1 aromatic carbocycles. The molecule has 0 heterocycles. The minimum absolute atomic E-state index is 0.0560. The Morgan fingerprint density at radius 2 is 1.90 bits per heavy atom. The van der Waals surface area contributed by atoms with Crippen LogP contribution in [0, 0.1) is 5.92 Å². The minimum atomic E-state index is -3.54. The number of hydrogen-bond acceptors (Lipinski definition) is 3. The van der Waals surface area contributed by atoms with Crippen molar-refractivity contribution in [1.82, 2.24) is 4.31 Å². The third kappa shape index (κ3) is 2.90. The van der Waals surface area contributed by atoms with Gasteiger partial charge in [0.05, 0.1) is 11.5 Å². The maximum Gasteiger partial charge on any atom is 0.243 e. The average Bonchev–Trinajstić information content (AvgIpc) is 2.47. The quantitative estimate of drug-likeness (QED) is 0.928. The molecule has 2 unspecified atom stereocenters. The highest BCUT2D eigenvalue weighted by Gasteiger charge is 2.33. The van der Waals surface area contributed by atoms with Crippen molar-refractivity contribution in [3.05, 3.63) is 29.8 Å². The predicted molar refractivity (Wildman–Crippen MR) is 78.7 cm³/mol. The van der Waals surface area contributed by atoms with E-state index in [2.05, 4.69) is 6.92 Å². The largest absolute Gasteiger partial charge is 0.392 e. The van der Waals surface area contributed by atoms with Crippen molar-refractivity contribution in [1.29, 1.82) is 0 Å². The van der Waals surface area contributed by atoms with Crippen LogP contribution in [0.5, 0.6) is 0 Å². The smallest absolute Gasteiger partial charge is 0.243 e. The van der Waals surface area contributed by atoms with E-state index in [0.29, 0.717) is 11.5 Å². The molecule has 0 aromatic heterocycles. The van der Waals surface area contributed by atoms with Gasteiger partial charge in [-0.05, 0) is 30.4 Å². The van der Waals surface area contributed by atoms with Crippen LogP contribution in [0.3, 0.4) is 0 Å². The molecule has 0 amide bonds. The molecule has 0 aliphatic heterocycles. The molecular weight excluding hydrogens is 274 g/mol. The van der Waals surface area contributed by atoms with E-state index in [1.54, 1.807) is 31.3 Å². The van der Waals surface area contributed by atoms with Gasteiger partial charge < -0.3 is 5.11 Å². The SMILES string of the molecule is CC1CCCCC1N(C)S(=O)(=O)c1ccccc1CO. The molecular formula is C15H23NO3S. The summed E-state index contributed by atoms with van der Waals surface area (Å²) in [7, 11) is -1.88. The van der Waals surface area contributed by atoms with Crippen LogP contribution in [0.4, 0.5) is 0 Å². The second-order valence-corrected chi connectivity index (χ2v) is 7.58. The van der Waals surface area contributed by atoms with Crippen molar-refractivity contribution in [2.24, 2.45) is 5.92 Å². The third-order valence-corrected chi connectivity index (χ3v) is 6.32. The lowest BCUT2D eigenvalue weighted by atomic mass is 9.86. The Morgan fingerprint density at radius 3 is 2.55 bits per heavy atom. The van der Waals surface area contributed by atoms with E-state index in [9.17, 15) is 13.5 Å². The van der Waals surface area contributed by atoms with Crippen LogP contribution in [0.1, 0.15) is 38.2 Å². The minimum Gasteiger partial charge on any atom is -0.392 e. The number of aliphatic hydroxyl groups excluding tert-OH is 1. The highest BCUT2D eigenvalue weighted by molar-refractivity contribution is 7.89. The first-order valence-corrected chi connectivity index (χ1v) is 8.59. The topological polar surface area (TPSA) is 57.6 Å². The molecule has 5 heteroatoms. The number of rotatable bonds is 4. The maximum atomic E-state index is 12.8. The monoisotopic (exact) mass is 297 g/mol. The zero-order chi connectivity index (χ0) is 14.8. The molecule has 0 bridgehead atoms. The molecule has 1 saturated carbocycles. The molecule has 1 aliphatic rings. The van der Waals surface area contributed by atoms with E-state index >= 15 is 0 Å². The number of benzene rings is 1. The first kappa shape index (κ1) is 15.5. The molecule has 0 saturated heterocycles. The lowest BCUT2D eigenvalue weighted by Crippen LogP contribution is -2.42. The van der Waals surface area contributed by atoms with Crippen molar-refractivity contribution in [3.63, 3.8) is 0 Å². The summed E-state index contributed by atoms with van der Waals surface area (Å²) in [5, 5.41) is 9.34. The Morgan fingerprint density at radius 1 is 1.25 bits per heavy atom. The number of hydrogen-bond donors (Lipinski definition) is 1. The van der Waals surface area contributed by atoms with Crippen molar-refractivity contribution >= 4 is 10.0 Å². The Hall–Kier alpha value is -0.910. The average molecular weight is 297 g/mol. The highest BCUT2D eigenvalue weighted by atomic mass is 32.2. The molecule has 112 valence electrons. The standard InChI is InChI=1S/C15H23NO3S/c1-12-7-3-5-9-14(12)16(2)20(18,19)15-10-6-4-8-13(15)11-17/h4,6,8,10,12,14,17H,3,5,7,9,11H2,1-2H3. The summed E-state index contributed by atoms with van der Waals surface area (Å²) >= 11 is 0. The molecule has 20 heavy (non-hydrogen) atoms. The van der Waals surface area contributed by atoms with E-state index in [0.717, 1.165) is 19.3 Å². The Labute approximate surface area is 121 Å². The number of sulfonamides is 1. The van der Waals surface area contributed by atoms with Crippen LogP contribution < -0.4 is 0 Å². The molecule has 1 N–H and O–H groups in total. The second kappa shape index (κ2) is 6.24. The summed E-state index contributed by atoms with van der Waals surface area (Å²) in [6, 6.07) is 6.73. The second-order valence-electron chi connectivity index (χ2n) is 5.62. The van der Waals surface area contributed by atoms with E-state index in [-0.39, 0.29) is 17.5 Å². The molecule has 0 radical (unpaired) electrons. The van der Waals surface area contributed by atoms with Crippen LogP contribution in [0.2, 0.25) is 0 Å². The molecule has 0 spiro atoms. The maximum absolute atomic E-state index is 12.8. The first-order chi connectivity index (χ1) is 9.48. The molecule has 1 aromatic rings. The zero-order valence-electron chi connectivity index (χ0n) is 12.1. The summed E-state index contributed by atoms with van der Waals surface area (Å²) in [5.74, 6) is 0.379. The summed E-state index contributed by atoms with van der Waals surface area (Å²) in [4.78, 5) is 0.225. The van der Waals surface area contributed by atoms with Crippen LogP contribution in [0.15, 0.2) is 29.2 Å².